The molecule has 1 aromatic rings. The van der Waals surface area contributed by atoms with Crippen LogP contribution in [0.25, 0.3) is 0 Å². The Hall–Kier alpha value is -1.13. The van der Waals surface area contributed by atoms with E-state index in [4.69, 9.17) is 9.47 Å². The third-order valence-electron chi connectivity index (χ3n) is 2.60. The molecule has 0 aromatic heterocycles. The third kappa shape index (κ3) is 2.51. The molecule has 0 amide bonds. The quantitative estimate of drug-likeness (QED) is 0.857. The van der Waals surface area contributed by atoms with Gasteiger partial charge in [0.05, 0.1) is 19.3 Å². The van der Waals surface area contributed by atoms with E-state index in [9.17, 15) is 9.50 Å². The van der Waals surface area contributed by atoms with Crippen LogP contribution in [-0.4, -0.2) is 24.4 Å². The monoisotopic (exact) mass is 226 g/mol. The maximum atomic E-state index is 13.0. The smallest absolute Gasteiger partial charge is 0.125 e. The molecule has 1 N–H and O–H groups in total. The molecular weight excluding hydrogens is 211 g/mol. The van der Waals surface area contributed by atoms with Crippen LogP contribution in [0.1, 0.15) is 25.0 Å². The van der Waals surface area contributed by atoms with Gasteiger partial charge in [-0.3, -0.25) is 0 Å². The zero-order valence-electron chi connectivity index (χ0n) is 9.15. The van der Waals surface area contributed by atoms with E-state index in [0.717, 1.165) is 6.42 Å². The minimum Gasteiger partial charge on any atom is -0.488 e. The Morgan fingerprint density at radius 2 is 2.38 bits per heavy atom. The molecule has 1 aromatic carbocycles. The largest absolute Gasteiger partial charge is 0.488 e. The first-order valence-corrected chi connectivity index (χ1v) is 5.38. The van der Waals surface area contributed by atoms with E-state index in [1.807, 2.05) is 0 Å². The number of aliphatic hydroxyl groups excluding tert-OH is 1. The molecule has 2 atom stereocenters. The Morgan fingerprint density at radius 1 is 1.56 bits per heavy atom. The Labute approximate surface area is 93.8 Å². The lowest BCUT2D eigenvalue weighted by Gasteiger charge is -2.17. The summed E-state index contributed by atoms with van der Waals surface area (Å²) in [7, 11) is 0. The molecule has 3 nitrogen and oxygen atoms in total. The van der Waals surface area contributed by atoms with Crippen molar-refractivity contribution in [3.8, 4) is 5.75 Å². The van der Waals surface area contributed by atoms with Crippen molar-refractivity contribution in [2.75, 3.05) is 13.2 Å². The van der Waals surface area contributed by atoms with Gasteiger partial charge in [0.2, 0.25) is 0 Å². The first-order chi connectivity index (χ1) is 7.66. The first kappa shape index (κ1) is 11.4. The van der Waals surface area contributed by atoms with E-state index >= 15 is 0 Å². The molecule has 0 bridgehead atoms. The number of halogens is 1. The molecule has 0 aliphatic carbocycles. The molecule has 1 saturated heterocycles. The molecule has 2 unspecified atom stereocenters. The molecule has 1 aliphatic rings. The van der Waals surface area contributed by atoms with E-state index in [0.29, 0.717) is 24.5 Å². The van der Waals surface area contributed by atoms with Crippen LogP contribution in [0.5, 0.6) is 5.75 Å². The predicted molar refractivity (Wildman–Crippen MR) is 56.9 cm³/mol. The van der Waals surface area contributed by atoms with Crippen molar-refractivity contribution >= 4 is 0 Å². The molecule has 0 saturated carbocycles. The van der Waals surface area contributed by atoms with E-state index in [1.165, 1.54) is 12.1 Å². The van der Waals surface area contributed by atoms with Gasteiger partial charge in [-0.2, -0.15) is 0 Å². The Balaban J connectivity index is 2.18. The van der Waals surface area contributed by atoms with Crippen molar-refractivity contribution in [3.05, 3.63) is 29.6 Å². The van der Waals surface area contributed by atoms with E-state index in [1.54, 1.807) is 13.0 Å². The molecule has 88 valence electrons. The van der Waals surface area contributed by atoms with Gasteiger partial charge in [0.15, 0.2) is 0 Å². The van der Waals surface area contributed by atoms with Gasteiger partial charge < -0.3 is 14.6 Å². The first-order valence-electron chi connectivity index (χ1n) is 5.38. The number of hydrogen-bond acceptors (Lipinski definition) is 3. The summed E-state index contributed by atoms with van der Waals surface area (Å²) < 4.78 is 23.9. The maximum absolute atomic E-state index is 13.0. The fraction of sp³-hybridized carbons (Fsp3) is 0.500. The summed E-state index contributed by atoms with van der Waals surface area (Å²) >= 11 is 0. The molecule has 1 aliphatic heterocycles. The molecule has 1 fully saturated rings. The summed E-state index contributed by atoms with van der Waals surface area (Å²) in [6, 6.07) is 4.18. The van der Waals surface area contributed by atoms with Crippen molar-refractivity contribution in [1.82, 2.24) is 0 Å². The number of hydrogen-bond donors (Lipinski definition) is 1. The van der Waals surface area contributed by atoms with Crippen molar-refractivity contribution < 1.29 is 19.0 Å². The molecule has 0 radical (unpaired) electrons. The van der Waals surface area contributed by atoms with E-state index < -0.39 is 6.10 Å². The van der Waals surface area contributed by atoms with Crippen molar-refractivity contribution in [2.45, 2.75) is 25.6 Å². The van der Waals surface area contributed by atoms with Gasteiger partial charge >= 0.3 is 0 Å². The zero-order chi connectivity index (χ0) is 11.5. The lowest BCUT2D eigenvalue weighted by atomic mass is 10.1. The van der Waals surface area contributed by atoms with Gasteiger partial charge in [-0.25, -0.2) is 4.39 Å². The second-order valence-electron chi connectivity index (χ2n) is 3.96. The van der Waals surface area contributed by atoms with Crippen LogP contribution >= 0.6 is 0 Å². The van der Waals surface area contributed by atoms with Crippen LogP contribution in [0.4, 0.5) is 4.39 Å². The van der Waals surface area contributed by atoms with E-state index in [-0.39, 0.29) is 11.9 Å². The Morgan fingerprint density at radius 3 is 3.00 bits per heavy atom. The Kier molecular flexibility index (Phi) is 3.41. The molecule has 0 spiro atoms. The molecule has 4 heteroatoms. The van der Waals surface area contributed by atoms with E-state index in [2.05, 4.69) is 0 Å². The molecular formula is C12H15FO3. The minimum absolute atomic E-state index is 0.00274. The average Bonchev–Trinajstić information content (AvgIpc) is 2.73. The van der Waals surface area contributed by atoms with Gasteiger partial charge in [-0.05, 0) is 25.1 Å². The summed E-state index contributed by atoms with van der Waals surface area (Å²) in [6.45, 7) is 2.83. The molecule has 2 rings (SSSR count). The average molecular weight is 226 g/mol. The van der Waals surface area contributed by atoms with Gasteiger partial charge in [-0.15, -0.1) is 0 Å². The highest BCUT2D eigenvalue weighted by atomic mass is 19.1. The van der Waals surface area contributed by atoms with Crippen LogP contribution in [0.2, 0.25) is 0 Å². The lowest BCUT2D eigenvalue weighted by Crippen LogP contribution is -2.17. The fourth-order valence-electron chi connectivity index (χ4n) is 1.74. The minimum atomic E-state index is -0.743. The summed E-state index contributed by atoms with van der Waals surface area (Å²) in [4.78, 5) is 0. The number of benzene rings is 1. The molecule has 1 heterocycles. The van der Waals surface area contributed by atoms with Crippen LogP contribution in [0.15, 0.2) is 18.2 Å². The van der Waals surface area contributed by atoms with Crippen molar-refractivity contribution in [3.63, 3.8) is 0 Å². The second-order valence-corrected chi connectivity index (χ2v) is 3.96. The van der Waals surface area contributed by atoms with Gasteiger partial charge in [0.1, 0.15) is 17.7 Å². The third-order valence-corrected chi connectivity index (χ3v) is 2.60. The molecule has 16 heavy (non-hydrogen) atoms. The lowest BCUT2D eigenvalue weighted by molar-refractivity contribution is 0.135. The van der Waals surface area contributed by atoms with Crippen LogP contribution in [0.3, 0.4) is 0 Å². The zero-order valence-corrected chi connectivity index (χ0v) is 9.15. The predicted octanol–water partition coefficient (Wildman–Crippen LogP) is 2.05. The summed E-state index contributed by atoms with van der Waals surface area (Å²) in [5.41, 5.74) is 0.479. The standard InChI is InChI=1S/C12H15FO3/c1-8(14)11-6-9(13)2-3-12(11)16-10-4-5-15-7-10/h2-3,6,8,10,14H,4-5,7H2,1H3. The van der Waals surface area contributed by atoms with Crippen molar-refractivity contribution in [2.24, 2.45) is 0 Å². The highest BCUT2D eigenvalue weighted by Crippen LogP contribution is 2.28. The highest BCUT2D eigenvalue weighted by Gasteiger charge is 2.19. The SMILES string of the molecule is CC(O)c1cc(F)ccc1OC1CCOC1. The number of aliphatic hydroxyl groups is 1. The highest BCUT2D eigenvalue weighted by molar-refractivity contribution is 5.35. The number of ether oxygens (including phenoxy) is 2. The summed E-state index contributed by atoms with van der Waals surface area (Å²) in [5, 5.41) is 9.52. The number of rotatable bonds is 3. The Bertz CT molecular complexity index is 359. The maximum Gasteiger partial charge on any atom is 0.125 e. The normalized spacial score (nSPS) is 22.1. The van der Waals surface area contributed by atoms with Crippen LogP contribution < -0.4 is 4.74 Å². The van der Waals surface area contributed by atoms with Crippen LogP contribution in [0, 0.1) is 5.82 Å². The van der Waals surface area contributed by atoms with Gasteiger partial charge in [0.25, 0.3) is 0 Å². The van der Waals surface area contributed by atoms with Crippen molar-refractivity contribution in [1.29, 1.82) is 0 Å². The topological polar surface area (TPSA) is 38.7 Å². The van der Waals surface area contributed by atoms with Crippen LogP contribution in [-0.2, 0) is 4.74 Å². The van der Waals surface area contributed by atoms with Gasteiger partial charge in [0, 0.05) is 12.0 Å². The second kappa shape index (κ2) is 4.80. The summed E-state index contributed by atoms with van der Waals surface area (Å²) in [5.74, 6) is 0.165. The van der Waals surface area contributed by atoms with Gasteiger partial charge in [-0.1, -0.05) is 0 Å². The fourth-order valence-corrected chi connectivity index (χ4v) is 1.74. The summed E-state index contributed by atoms with van der Waals surface area (Å²) in [6.07, 6.45) is 0.0902.